The molecule has 6 nitrogen and oxygen atoms in total. The fourth-order valence-electron chi connectivity index (χ4n) is 3.55. The molecule has 1 aliphatic carbocycles. The fraction of sp³-hybridized carbons (Fsp3) is 0.692. The zero-order valence-electron chi connectivity index (χ0n) is 11.3. The second kappa shape index (κ2) is 4.05. The molecule has 1 aromatic heterocycles. The van der Waals surface area contributed by atoms with Crippen LogP contribution in [0.1, 0.15) is 26.0 Å². The van der Waals surface area contributed by atoms with Gasteiger partial charge in [0.1, 0.15) is 5.54 Å². The number of ether oxygens (including phenoxy) is 1. The van der Waals surface area contributed by atoms with E-state index in [0.29, 0.717) is 13.2 Å². The molecule has 104 valence electrons. The Kier molecular flexibility index (Phi) is 2.69. The zero-order chi connectivity index (χ0) is 13.7. The molecule has 3 atom stereocenters. The highest BCUT2D eigenvalue weighted by molar-refractivity contribution is 5.89. The number of nitrogens with one attached hydrogen (secondary N) is 2. The summed E-state index contributed by atoms with van der Waals surface area (Å²) in [6.45, 7) is 5.14. The van der Waals surface area contributed by atoms with Gasteiger partial charge in [0.25, 0.3) is 0 Å². The van der Waals surface area contributed by atoms with E-state index >= 15 is 0 Å². The van der Waals surface area contributed by atoms with Gasteiger partial charge >= 0.3 is 0 Å². The second-order valence-electron chi connectivity index (χ2n) is 6.04. The Morgan fingerprint density at radius 3 is 3.16 bits per heavy atom. The maximum Gasteiger partial charge on any atom is 0.241 e. The number of aromatic nitrogens is 2. The van der Waals surface area contributed by atoms with E-state index in [9.17, 15) is 4.79 Å². The number of carbonyl (C=O) groups is 1. The van der Waals surface area contributed by atoms with Gasteiger partial charge < -0.3 is 20.8 Å². The largest absolute Gasteiger partial charge is 0.377 e. The van der Waals surface area contributed by atoms with E-state index < -0.39 is 5.54 Å². The third-order valence-corrected chi connectivity index (χ3v) is 4.82. The topological polar surface area (TPSA) is 93.0 Å². The summed E-state index contributed by atoms with van der Waals surface area (Å²) in [5.41, 5.74) is 6.13. The van der Waals surface area contributed by atoms with E-state index in [4.69, 9.17) is 10.5 Å². The Balaban J connectivity index is 1.72. The van der Waals surface area contributed by atoms with Crippen LogP contribution >= 0.6 is 0 Å². The van der Waals surface area contributed by atoms with Crippen LogP contribution in [0.4, 0.5) is 0 Å². The number of H-pyrrole nitrogens is 1. The lowest BCUT2D eigenvalue weighted by molar-refractivity contribution is -0.175. The quantitative estimate of drug-likeness (QED) is 0.725. The molecule has 6 heteroatoms. The average molecular weight is 264 g/mol. The number of imidazole rings is 1. The minimum atomic E-state index is -0.839. The van der Waals surface area contributed by atoms with Crippen molar-refractivity contribution in [3.05, 3.63) is 18.2 Å². The number of nitrogens with two attached hydrogens (primary N) is 1. The first-order chi connectivity index (χ1) is 8.98. The standard InChI is InChI=1S/C13H20N4O2/c1-12(2)10-9(3-4-19-10)13(12,14)11(18)16-6-8-5-15-7-17-8/h5,7,9-10H,3-4,6,14H2,1-2H3,(H,15,17)(H,16,18). The van der Waals surface area contributed by atoms with Crippen molar-refractivity contribution >= 4 is 5.91 Å². The van der Waals surface area contributed by atoms with E-state index in [1.54, 1.807) is 12.5 Å². The van der Waals surface area contributed by atoms with E-state index in [-0.39, 0.29) is 23.3 Å². The van der Waals surface area contributed by atoms with Crippen LogP contribution in [0.3, 0.4) is 0 Å². The summed E-state index contributed by atoms with van der Waals surface area (Å²) in [5.74, 6) is 0.0307. The Bertz CT molecular complexity index is 485. The number of carbonyl (C=O) groups excluding carboxylic acids is 1. The van der Waals surface area contributed by atoms with Gasteiger partial charge in [-0.3, -0.25) is 4.79 Å². The molecule has 0 aromatic carbocycles. The summed E-state index contributed by atoms with van der Waals surface area (Å²) < 4.78 is 5.69. The second-order valence-corrected chi connectivity index (χ2v) is 6.04. The first kappa shape index (κ1) is 12.6. The smallest absolute Gasteiger partial charge is 0.241 e. The molecule has 19 heavy (non-hydrogen) atoms. The first-order valence-corrected chi connectivity index (χ1v) is 6.64. The SMILES string of the molecule is CC1(C)C2OCCC2C1(N)C(=O)NCc1cnc[nH]1. The van der Waals surface area contributed by atoms with Gasteiger partial charge in [0, 0.05) is 24.1 Å². The molecule has 2 aliphatic rings. The molecule has 0 bridgehead atoms. The predicted molar refractivity (Wildman–Crippen MR) is 69.0 cm³/mol. The summed E-state index contributed by atoms with van der Waals surface area (Å²) >= 11 is 0. The molecule has 1 amide bonds. The van der Waals surface area contributed by atoms with Crippen molar-refractivity contribution < 1.29 is 9.53 Å². The predicted octanol–water partition coefficient (Wildman–Crippen LogP) is 0.168. The Morgan fingerprint density at radius 1 is 1.68 bits per heavy atom. The summed E-state index contributed by atoms with van der Waals surface area (Å²) in [6.07, 6.45) is 4.25. The molecule has 1 saturated carbocycles. The molecule has 2 fully saturated rings. The van der Waals surface area contributed by atoms with Gasteiger partial charge in [-0.15, -0.1) is 0 Å². The minimum absolute atomic E-state index is 0.0983. The molecule has 0 radical (unpaired) electrons. The van der Waals surface area contributed by atoms with Crippen LogP contribution in [0, 0.1) is 11.3 Å². The number of aromatic amines is 1. The number of hydrogen-bond acceptors (Lipinski definition) is 4. The molecule has 1 aliphatic heterocycles. The van der Waals surface area contributed by atoms with Gasteiger partial charge in [0.2, 0.25) is 5.91 Å². The number of nitrogens with zero attached hydrogens (tertiary/aromatic N) is 1. The van der Waals surface area contributed by atoms with Gasteiger partial charge in [0.05, 0.1) is 24.7 Å². The van der Waals surface area contributed by atoms with E-state index in [1.807, 2.05) is 13.8 Å². The maximum atomic E-state index is 12.5. The van der Waals surface area contributed by atoms with Crippen molar-refractivity contribution in [2.75, 3.05) is 6.61 Å². The van der Waals surface area contributed by atoms with Crippen LogP contribution in [0.25, 0.3) is 0 Å². The first-order valence-electron chi connectivity index (χ1n) is 6.64. The molecule has 2 heterocycles. The van der Waals surface area contributed by atoms with Crippen molar-refractivity contribution in [2.45, 2.75) is 38.5 Å². The van der Waals surface area contributed by atoms with Crippen LogP contribution in [-0.4, -0.2) is 34.1 Å². The molecule has 4 N–H and O–H groups in total. The summed E-state index contributed by atoms with van der Waals surface area (Å²) in [7, 11) is 0. The van der Waals surface area contributed by atoms with Crippen LogP contribution in [-0.2, 0) is 16.1 Å². The van der Waals surface area contributed by atoms with Gasteiger partial charge in [0.15, 0.2) is 0 Å². The van der Waals surface area contributed by atoms with E-state index in [2.05, 4.69) is 15.3 Å². The molecule has 3 rings (SSSR count). The number of amides is 1. The molecular weight excluding hydrogens is 244 g/mol. The molecule has 1 saturated heterocycles. The molecule has 3 unspecified atom stereocenters. The lowest BCUT2D eigenvalue weighted by Gasteiger charge is -2.60. The van der Waals surface area contributed by atoms with Crippen LogP contribution in [0.2, 0.25) is 0 Å². The highest BCUT2D eigenvalue weighted by Gasteiger charge is 2.71. The lowest BCUT2D eigenvalue weighted by atomic mass is 9.48. The average Bonchev–Trinajstić information content (AvgIpc) is 3.04. The van der Waals surface area contributed by atoms with Gasteiger partial charge in [-0.05, 0) is 6.42 Å². The normalized spacial score (nSPS) is 35.5. The Hall–Kier alpha value is -1.40. The summed E-state index contributed by atoms with van der Waals surface area (Å²) in [4.78, 5) is 19.4. The van der Waals surface area contributed by atoms with Crippen molar-refractivity contribution in [3.63, 3.8) is 0 Å². The molecular formula is C13H20N4O2. The monoisotopic (exact) mass is 264 g/mol. The van der Waals surface area contributed by atoms with Crippen LogP contribution in [0.15, 0.2) is 12.5 Å². The van der Waals surface area contributed by atoms with Gasteiger partial charge in [-0.2, -0.15) is 0 Å². The number of fused-ring (bicyclic) bond motifs is 1. The highest BCUT2D eigenvalue weighted by Crippen LogP contribution is 2.58. The van der Waals surface area contributed by atoms with Crippen LogP contribution in [0.5, 0.6) is 0 Å². The Morgan fingerprint density at radius 2 is 2.47 bits per heavy atom. The van der Waals surface area contributed by atoms with Crippen LogP contribution < -0.4 is 11.1 Å². The zero-order valence-corrected chi connectivity index (χ0v) is 11.3. The fourth-order valence-corrected chi connectivity index (χ4v) is 3.55. The molecule has 1 aromatic rings. The number of rotatable bonds is 3. The lowest BCUT2D eigenvalue weighted by Crippen LogP contribution is -2.80. The third kappa shape index (κ3) is 1.56. The van der Waals surface area contributed by atoms with Gasteiger partial charge in [-0.25, -0.2) is 4.98 Å². The number of hydrogen-bond donors (Lipinski definition) is 3. The van der Waals surface area contributed by atoms with Crippen molar-refractivity contribution in [1.29, 1.82) is 0 Å². The molecule has 0 spiro atoms. The summed E-state index contributed by atoms with van der Waals surface area (Å²) in [6, 6.07) is 0. The van der Waals surface area contributed by atoms with Gasteiger partial charge in [-0.1, -0.05) is 13.8 Å². The summed E-state index contributed by atoms with van der Waals surface area (Å²) in [5, 5.41) is 2.91. The van der Waals surface area contributed by atoms with Crippen molar-refractivity contribution in [3.8, 4) is 0 Å². The third-order valence-electron chi connectivity index (χ3n) is 4.82. The highest BCUT2D eigenvalue weighted by atomic mass is 16.5. The Labute approximate surface area is 112 Å². The van der Waals surface area contributed by atoms with Crippen molar-refractivity contribution in [1.82, 2.24) is 15.3 Å². The van der Waals surface area contributed by atoms with Crippen molar-refractivity contribution in [2.24, 2.45) is 17.1 Å². The maximum absolute atomic E-state index is 12.5. The van der Waals surface area contributed by atoms with E-state index in [1.165, 1.54) is 0 Å². The van der Waals surface area contributed by atoms with E-state index in [0.717, 1.165) is 12.1 Å². The minimum Gasteiger partial charge on any atom is -0.377 e.